The molecule has 0 aliphatic rings. The molecule has 0 atom stereocenters. The van der Waals surface area contributed by atoms with Gasteiger partial charge in [-0.2, -0.15) is 0 Å². The van der Waals surface area contributed by atoms with Gasteiger partial charge < -0.3 is 4.57 Å². The van der Waals surface area contributed by atoms with Crippen LogP contribution in [0.1, 0.15) is 11.4 Å². The third-order valence-electron chi connectivity index (χ3n) is 3.55. The fourth-order valence-corrected chi connectivity index (χ4v) is 3.67. The largest absolute Gasteiger partial charge is 0.333 e. The summed E-state index contributed by atoms with van der Waals surface area (Å²) in [6, 6.07) is 5.14. The highest BCUT2D eigenvalue weighted by molar-refractivity contribution is 7.90. The maximum absolute atomic E-state index is 12.2. The van der Waals surface area contributed by atoms with E-state index in [0.29, 0.717) is 6.54 Å². The molecule has 0 aliphatic carbocycles. The molecule has 0 amide bonds. The smallest absolute Gasteiger partial charge is 0.240 e. The Balaban J connectivity index is 2.06. The molecule has 2 aromatic rings. The first-order valence-electron chi connectivity index (χ1n) is 6.89. The first-order valence-corrected chi connectivity index (χ1v) is 10.3. The van der Waals surface area contributed by atoms with E-state index in [0.717, 1.165) is 17.6 Å². The number of aryl methyl sites for hydroxylation is 1. The van der Waals surface area contributed by atoms with E-state index < -0.39 is 19.9 Å². The third-order valence-corrected chi connectivity index (χ3v) is 6.16. The predicted octanol–water partition coefficient (Wildman–Crippen LogP) is 0.882. The molecule has 0 aliphatic heterocycles. The molecule has 0 saturated heterocycles. The van der Waals surface area contributed by atoms with Gasteiger partial charge >= 0.3 is 0 Å². The van der Waals surface area contributed by atoms with Crippen molar-refractivity contribution < 1.29 is 16.8 Å². The van der Waals surface area contributed by atoms with Gasteiger partial charge in [0.1, 0.15) is 0 Å². The number of sulfone groups is 1. The van der Waals surface area contributed by atoms with E-state index in [-0.39, 0.29) is 16.3 Å². The fraction of sp³-hybridized carbons (Fsp3) is 0.357. The van der Waals surface area contributed by atoms with Gasteiger partial charge in [0.2, 0.25) is 10.0 Å². The predicted molar refractivity (Wildman–Crippen MR) is 86.4 cm³/mol. The zero-order valence-corrected chi connectivity index (χ0v) is 14.8. The van der Waals surface area contributed by atoms with Crippen molar-refractivity contribution in [2.45, 2.75) is 30.2 Å². The molecule has 1 aromatic heterocycles. The Bertz CT molecular complexity index is 898. The van der Waals surface area contributed by atoms with Crippen molar-refractivity contribution >= 4 is 19.9 Å². The summed E-state index contributed by atoms with van der Waals surface area (Å²) in [5, 5.41) is 0. The standard InChI is InChI=1S/C14H19N3O4S2/c1-11-12(2)17(10-15-11)9-8-16-23(20,21)14-6-4-13(5-7-14)22(3,18)19/h4-7,10,16H,8-9H2,1-3H3. The number of aromatic nitrogens is 2. The SMILES string of the molecule is Cc1ncn(CCNS(=O)(=O)c2ccc(S(C)(=O)=O)cc2)c1C. The number of rotatable bonds is 6. The zero-order chi connectivity index (χ0) is 17.3. The van der Waals surface area contributed by atoms with Crippen molar-refractivity contribution in [1.82, 2.24) is 14.3 Å². The lowest BCUT2D eigenvalue weighted by atomic mass is 10.4. The lowest BCUT2D eigenvalue weighted by Gasteiger charge is -2.09. The Morgan fingerprint density at radius 3 is 2.09 bits per heavy atom. The van der Waals surface area contributed by atoms with Gasteiger partial charge in [-0.15, -0.1) is 0 Å². The van der Waals surface area contributed by atoms with Crippen LogP contribution in [-0.4, -0.2) is 39.2 Å². The van der Waals surface area contributed by atoms with E-state index in [9.17, 15) is 16.8 Å². The molecule has 1 aromatic carbocycles. The number of nitrogens with zero attached hydrogens (tertiary/aromatic N) is 2. The van der Waals surface area contributed by atoms with Gasteiger partial charge in [-0.25, -0.2) is 26.5 Å². The van der Waals surface area contributed by atoms with Crippen LogP contribution in [0.4, 0.5) is 0 Å². The summed E-state index contributed by atoms with van der Waals surface area (Å²) in [4.78, 5) is 4.27. The molecule has 0 fully saturated rings. The quantitative estimate of drug-likeness (QED) is 0.828. The number of nitrogens with one attached hydrogen (secondary N) is 1. The number of hydrogen-bond donors (Lipinski definition) is 1. The molecule has 0 spiro atoms. The summed E-state index contributed by atoms with van der Waals surface area (Å²) >= 11 is 0. The first kappa shape index (κ1) is 17.6. The molecular weight excluding hydrogens is 338 g/mol. The van der Waals surface area contributed by atoms with Crippen molar-refractivity contribution in [3.8, 4) is 0 Å². The third kappa shape index (κ3) is 4.18. The maximum Gasteiger partial charge on any atom is 0.240 e. The molecule has 7 nitrogen and oxygen atoms in total. The molecule has 126 valence electrons. The van der Waals surface area contributed by atoms with Gasteiger partial charge in [-0.1, -0.05) is 0 Å². The van der Waals surface area contributed by atoms with Gasteiger partial charge in [0.15, 0.2) is 9.84 Å². The number of imidazole rings is 1. The van der Waals surface area contributed by atoms with Gasteiger partial charge in [-0.05, 0) is 38.1 Å². The Kier molecular flexibility index (Phi) is 4.92. The van der Waals surface area contributed by atoms with Crippen LogP contribution in [0.5, 0.6) is 0 Å². The van der Waals surface area contributed by atoms with Crippen LogP contribution in [0.3, 0.4) is 0 Å². The summed E-state index contributed by atoms with van der Waals surface area (Å²) in [6.45, 7) is 4.49. The molecule has 23 heavy (non-hydrogen) atoms. The second kappa shape index (κ2) is 6.42. The van der Waals surface area contributed by atoms with E-state index in [4.69, 9.17) is 0 Å². The minimum atomic E-state index is -3.68. The Morgan fingerprint density at radius 2 is 1.61 bits per heavy atom. The summed E-state index contributed by atoms with van der Waals surface area (Å²) in [6.07, 6.45) is 2.74. The lowest BCUT2D eigenvalue weighted by Crippen LogP contribution is -2.27. The molecule has 2 rings (SSSR count). The van der Waals surface area contributed by atoms with Crippen molar-refractivity contribution in [1.29, 1.82) is 0 Å². The van der Waals surface area contributed by atoms with Crippen molar-refractivity contribution in [2.75, 3.05) is 12.8 Å². The Labute approximate surface area is 136 Å². The van der Waals surface area contributed by atoms with Crippen LogP contribution in [0.2, 0.25) is 0 Å². The summed E-state index contributed by atoms with van der Waals surface area (Å²) in [5.41, 5.74) is 1.89. The molecular formula is C14H19N3O4S2. The van der Waals surface area contributed by atoms with Crippen LogP contribution in [-0.2, 0) is 26.4 Å². The van der Waals surface area contributed by atoms with E-state index >= 15 is 0 Å². The Morgan fingerprint density at radius 1 is 1.04 bits per heavy atom. The average molecular weight is 357 g/mol. The second-order valence-electron chi connectivity index (χ2n) is 5.25. The number of hydrogen-bond acceptors (Lipinski definition) is 5. The Hall–Kier alpha value is -1.71. The normalized spacial score (nSPS) is 12.5. The van der Waals surface area contributed by atoms with Crippen LogP contribution in [0.25, 0.3) is 0 Å². The van der Waals surface area contributed by atoms with Crippen LogP contribution in [0, 0.1) is 13.8 Å². The van der Waals surface area contributed by atoms with Crippen LogP contribution < -0.4 is 4.72 Å². The van der Waals surface area contributed by atoms with Gasteiger partial charge in [0.05, 0.1) is 21.8 Å². The van der Waals surface area contributed by atoms with E-state index in [2.05, 4.69) is 9.71 Å². The molecule has 0 saturated carbocycles. The number of sulfonamides is 1. The summed E-state index contributed by atoms with van der Waals surface area (Å²) < 4.78 is 51.5. The maximum atomic E-state index is 12.2. The minimum absolute atomic E-state index is 0.0310. The highest BCUT2D eigenvalue weighted by atomic mass is 32.2. The molecule has 0 unspecified atom stereocenters. The van der Waals surface area contributed by atoms with Crippen molar-refractivity contribution in [3.05, 3.63) is 42.0 Å². The van der Waals surface area contributed by atoms with Crippen molar-refractivity contribution in [3.63, 3.8) is 0 Å². The number of benzene rings is 1. The summed E-state index contributed by atoms with van der Waals surface area (Å²) in [5.74, 6) is 0. The highest BCUT2D eigenvalue weighted by Gasteiger charge is 2.15. The van der Waals surface area contributed by atoms with Gasteiger partial charge in [0.25, 0.3) is 0 Å². The summed E-state index contributed by atoms with van der Waals surface area (Å²) in [7, 11) is -7.02. The minimum Gasteiger partial charge on any atom is -0.333 e. The first-order chi connectivity index (χ1) is 10.6. The second-order valence-corrected chi connectivity index (χ2v) is 9.03. The highest BCUT2D eigenvalue weighted by Crippen LogP contribution is 2.14. The van der Waals surface area contributed by atoms with E-state index in [1.807, 2.05) is 18.4 Å². The fourth-order valence-electron chi connectivity index (χ4n) is 2.02. The molecule has 1 N–H and O–H groups in total. The average Bonchev–Trinajstić information content (AvgIpc) is 2.78. The van der Waals surface area contributed by atoms with Gasteiger partial charge in [0, 0.05) is 25.0 Å². The molecule has 0 bridgehead atoms. The monoisotopic (exact) mass is 357 g/mol. The van der Waals surface area contributed by atoms with Crippen molar-refractivity contribution in [2.24, 2.45) is 0 Å². The topological polar surface area (TPSA) is 98.1 Å². The van der Waals surface area contributed by atoms with Crippen LogP contribution >= 0.6 is 0 Å². The molecule has 9 heteroatoms. The van der Waals surface area contributed by atoms with Crippen LogP contribution in [0.15, 0.2) is 40.4 Å². The van der Waals surface area contributed by atoms with E-state index in [1.54, 1.807) is 6.33 Å². The lowest BCUT2D eigenvalue weighted by molar-refractivity contribution is 0.570. The van der Waals surface area contributed by atoms with Gasteiger partial charge in [-0.3, -0.25) is 0 Å². The molecule has 0 radical (unpaired) electrons. The zero-order valence-electron chi connectivity index (χ0n) is 13.1. The van der Waals surface area contributed by atoms with E-state index in [1.165, 1.54) is 24.3 Å². The molecule has 1 heterocycles.